The molecule has 0 bridgehead atoms. The van der Waals surface area contributed by atoms with Crippen molar-refractivity contribution in [1.82, 2.24) is 25.5 Å². The second-order valence-electron chi connectivity index (χ2n) is 6.22. The summed E-state index contributed by atoms with van der Waals surface area (Å²) in [4.78, 5) is 22.8. The SMILES string of the molecule is CNC(=O)c1[nH]nc2c1ccc1cnc(Oc3cccc(N(C)C)c3)nc12. The lowest BCUT2D eigenvalue weighted by molar-refractivity contribution is 0.0959. The van der Waals surface area contributed by atoms with Gasteiger partial charge in [-0.05, 0) is 18.2 Å². The minimum Gasteiger partial charge on any atom is -0.424 e. The number of rotatable bonds is 4. The van der Waals surface area contributed by atoms with Crippen LogP contribution in [-0.2, 0) is 0 Å². The number of nitrogens with zero attached hydrogens (tertiary/aromatic N) is 4. The molecule has 0 atom stereocenters. The van der Waals surface area contributed by atoms with E-state index >= 15 is 0 Å². The maximum absolute atomic E-state index is 12.0. The minimum atomic E-state index is -0.233. The number of carbonyl (C=O) groups is 1. The van der Waals surface area contributed by atoms with Crippen LogP contribution in [0.15, 0.2) is 42.6 Å². The highest BCUT2D eigenvalue weighted by molar-refractivity contribution is 6.11. The zero-order chi connectivity index (χ0) is 19.0. The molecule has 0 aliphatic heterocycles. The highest BCUT2D eigenvalue weighted by Gasteiger charge is 2.15. The van der Waals surface area contributed by atoms with Crippen LogP contribution in [0.2, 0.25) is 0 Å². The molecule has 0 saturated carbocycles. The molecule has 27 heavy (non-hydrogen) atoms. The second-order valence-corrected chi connectivity index (χ2v) is 6.22. The van der Waals surface area contributed by atoms with Gasteiger partial charge in [0, 0.05) is 49.9 Å². The summed E-state index contributed by atoms with van der Waals surface area (Å²) < 4.78 is 5.84. The number of hydrogen-bond donors (Lipinski definition) is 2. The van der Waals surface area contributed by atoms with Gasteiger partial charge in [0.05, 0.1) is 0 Å². The Bertz CT molecular complexity index is 1150. The van der Waals surface area contributed by atoms with Crippen LogP contribution in [0.25, 0.3) is 21.8 Å². The van der Waals surface area contributed by atoms with Crippen molar-refractivity contribution in [3.8, 4) is 11.8 Å². The van der Waals surface area contributed by atoms with Crippen LogP contribution >= 0.6 is 0 Å². The number of fused-ring (bicyclic) bond motifs is 3. The second kappa shape index (κ2) is 6.56. The molecule has 2 aromatic carbocycles. The molecule has 8 heteroatoms. The summed E-state index contributed by atoms with van der Waals surface area (Å²) in [5.41, 5.74) is 2.63. The van der Waals surface area contributed by atoms with E-state index < -0.39 is 0 Å². The van der Waals surface area contributed by atoms with Crippen molar-refractivity contribution in [3.63, 3.8) is 0 Å². The van der Waals surface area contributed by atoms with Crippen molar-refractivity contribution in [2.24, 2.45) is 0 Å². The van der Waals surface area contributed by atoms with E-state index in [-0.39, 0.29) is 11.9 Å². The molecule has 0 fully saturated rings. The van der Waals surface area contributed by atoms with Gasteiger partial charge < -0.3 is 15.0 Å². The van der Waals surface area contributed by atoms with Gasteiger partial charge in [-0.1, -0.05) is 12.1 Å². The first-order chi connectivity index (χ1) is 13.1. The van der Waals surface area contributed by atoms with Crippen molar-refractivity contribution >= 4 is 33.4 Å². The Hall–Kier alpha value is -3.68. The lowest BCUT2D eigenvalue weighted by atomic mass is 10.1. The van der Waals surface area contributed by atoms with Crippen LogP contribution < -0.4 is 15.0 Å². The third-order valence-corrected chi connectivity index (χ3v) is 4.25. The quantitative estimate of drug-likeness (QED) is 0.579. The molecule has 2 heterocycles. The largest absolute Gasteiger partial charge is 0.424 e. The minimum absolute atomic E-state index is 0.218. The number of benzene rings is 2. The molecule has 2 aromatic heterocycles. The van der Waals surface area contributed by atoms with Crippen molar-refractivity contribution in [2.75, 3.05) is 26.0 Å². The molecule has 0 radical (unpaired) electrons. The zero-order valence-corrected chi connectivity index (χ0v) is 15.1. The van der Waals surface area contributed by atoms with Crippen LogP contribution in [0.3, 0.4) is 0 Å². The lowest BCUT2D eigenvalue weighted by Crippen LogP contribution is -2.18. The van der Waals surface area contributed by atoms with Crippen molar-refractivity contribution in [2.45, 2.75) is 0 Å². The maximum atomic E-state index is 12.0. The van der Waals surface area contributed by atoms with Crippen molar-refractivity contribution in [1.29, 1.82) is 0 Å². The van der Waals surface area contributed by atoms with Gasteiger partial charge in [-0.2, -0.15) is 10.1 Å². The number of ether oxygens (including phenoxy) is 1. The highest BCUT2D eigenvalue weighted by atomic mass is 16.5. The Labute approximate surface area is 155 Å². The van der Waals surface area contributed by atoms with E-state index in [9.17, 15) is 4.79 Å². The van der Waals surface area contributed by atoms with Crippen molar-refractivity contribution < 1.29 is 9.53 Å². The Morgan fingerprint density at radius 3 is 2.81 bits per heavy atom. The van der Waals surface area contributed by atoms with E-state index in [1.54, 1.807) is 13.2 Å². The predicted molar refractivity (Wildman–Crippen MR) is 103 cm³/mol. The molecule has 0 aliphatic carbocycles. The fourth-order valence-electron chi connectivity index (χ4n) is 2.83. The van der Waals surface area contributed by atoms with E-state index in [4.69, 9.17) is 4.74 Å². The van der Waals surface area contributed by atoms with E-state index in [2.05, 4.69) is 25.5 Å². The maximum Gasteiger partial charge on any atom is 0.322 e. The summed E-state index contributed by atoms with van der Waals surface area (Å²) in [6, 6.07) is 11.6. The van der Waals surface area contributed by atoms with Gasteiger partial charge in [0.15, 0.2) is 0 Å². The summed E-state index contributed by atoms with van der Waals surface area (Å²) in [7, 11) is 5.50. The average molecular weight is 362 g/mol. The Kier molecular flexibility index (Phi) is 4.08. The topological polar surface area (TPSA) is 96.0 Å². The summed E-state index contributed by atoms with van der Waals surface area (Å²) in [6.07, 6.45) is 1.68. The Balaban J connectivity index is 1.77. The highest BCUT2D eigenvalue weighted by Crippen LogP contribution is 2.27. The molecule has 0 spiro atoms. The van der Waals surface area contributed by atoms with E-state index in [1.165, 1.54) is 0 Å². The van der Waals surface area contributed by atoms with Gasteiger partial charge in [-0.15, -0.1) is 0 Å². The zero-order valence-electron chi connectivity index (χ0n) is 15.1. The summed E-state index contributed by atoms with van der Waals surface area (Å²) >= 11 is 0. The third-order valence-electron chi connectivity index (χ3n) is 4.25. The lowest BCUT2D eigenvalue weighted by Gasteiger charge is -2.13. The number of aromatic amines is 1. The molecular formula is C19H18N6O2. The molecule has 8 nitrogen and oxygen atoms in total. The molecular weight excluding hydrogens is 344 g/mol. The molecule has 4 aromatic rings. The molecule has 0 aliphatic rings. The molecule has 0 saturated heterocycles. The normalized spacial score (nSPS) is 10.9. The predicted octanol–water partition coefficient (Wildman–Crippen LogP) is 2.72. The number of amides is 1. The Morgan fingerprint density at radius 1 is 1.19 bits per heavy atom. The van der Waals surface area contributed by atoms with Crippen LogP contribution in [-0.4, -0.2) is 47.2 Å². The van der Waals surface area contributed by atoms with Gasteiger partial charge >= 0.3 is 6.01 Å². The molecule has 136 valence electrons. The first kappa shape index (κ1) is 16.8. The first-order valence-electron chi connectivity index (χ1n) is 8.38. The summed E-state index contributed by atoms with van der Waals surface area (Å²) in [6.45, 7) is 0. The first-order valence-corrected chi connectivity index (χ1v) is 8.38. The van der Waals surface area contributed by atoms with Crippen molar-refractivity contribution in [3.05, 3.63) is 48.3 Å². The average Bonchev–Trinajstić information content (AvgIpc) is 3.12. The van der Waals surface area contributed by atoms with Crippen LogP contribution in [0.4, 0.5) is 5.69 Å². The fraction of sp³-hybridized carbons (Fsp3) is 0.158. The van der Waals surface area contributed by atoms with Gasteiger partial charge in [0.1, 0.15) is 22.5 Å². The third kappa shape index (κ3) is 3.01. The molecule has 0 unspecified atom stereocenters. The van der Waals surface area contributed by atoms with Crippen LogP contribution in [0, 0.1) is 0 Å². The van der Waals surface area contributed by atoms with Gasteiger partial charge in [-0.25, -0.2) is 4.98 Å². The smallest absolute Gasteiger partial charge is 0.322 e. The molecule has 4 rings (SSSR count). The van der Waals surface area contributed by atoms with Crippen LogP contribution in [0.5, 0.6) is 11.8 Å². The molecule has 2 N–H and O–H groups in total. The van der Waals surface area contributed by atoms with Gasteiger partial charge in [0.25, 0.3) is 5.91 Å². The number of nitrogens with one attached hydrogen (secondary N) is 2. The summed E-state index contributed by atoms with van der Waals surface area (Å²) in [5.74, 6) is 0.406. The monoisotopic (exact) mass is 362 g/mol. The van der Waals surface area contributed by atoms with E-state index in [0.717, 1.165) is 11.1 Å². The number of H-pyrrole nitrogens is 1. The fourth-order valence-corrected chi connectivity index (χ4v) is 2.83. The van der Waals surface area contributed by atoms with Crippen LogP contribution in [0.1, 0.15) is 10.5 Å². The standard InChI is InChI=1S/C19H18N6O2/c1-20-18(26)17-14-8-7-11-10-21-19(22-15(11)16(14)23-24-17)27-13-6-4-5-12(9-13)25(2)3/h4-10H,1-3H3,(H,20,26)(H,23,24). The van der Waals surface area contributed by atoms with Gasteiger partial charge in [-0.3, -0.25) is 9.89 Å². The summed E-state index contributed by atoms with van der Waals surface area (Å²) in [5, 5.41) is 11.1. The number of anilines is 1. The number of carbonyl (C=O) groups excluding carboxylic acids is 1. The van der Waals surface area contributed by atoms with E-state index in [1.807, 2.05) is 55.4 Å². The molecule has 1 amide bonds. The number of aromatic nitrogens is 4. The number of hydrogen-bond acceptors (Lipinski definition) is 6. The Morgan fingerprint density at radius 2 is 2.04 bits per heavy atom. The van der Waals surface area contributed by atoms with E-state index in [0.29, 0.717) is 27.9 Å². The van der Waals surface area contributed by atoms with Gasteiger partial charge in [0.2, 0.25) is 0 Å².